The van der Waals surface area contributed by atoms with Crippen LogP contribution in [0.4, 0.5) is 8.78 Å². The lowest BCUT2D eigenvalue weighted by Crippen LogP contribution is -2.06. The molecule has 0 spiro atoms. The third kappa shape index (κ3) is 3.13. The second kappa shape index (κ2) is 5.39. The molecule has 0 aliphatic heterocycles. The number of hydrogen-bond acceptors (Lipinski definition) is 3. The maximum absolute atomic E-state index is 12.0. The van der Waals surface area contributed by atoms with Gasteiger partial charge in [0.25, 0.3) is 0 Å². The first-order valence-electron chi connectivity index (χ1n) is 5.21. The van der Waals surface area contributed by atoms with Crippen molar-refractivity contribution in [1.82, 2.24) is 9.97 Å². The summed E-state index contributed by atoms with van der Waals surface area (Å²) in [5.74, 6) is 0.278. The summed E-state index contributed by atoms with van der Waals surface area (Å²) in [6.07, 6.45) is 3.24. The van der Waals surface area contributed by atoms with Gasteiger partial charge in [-0.05, 0) is 12.1 Å². The Kier molecular flexibility index (Phi) is 3.66. The minimum absolute atomic E-state index is 0.0321. The van der Waals surface area contributed by atoms with Gasteiger partial charge in [0.05, 0.1) is 6.42 Å². The zero-order valence-electron chi connectivity index (χ0n) is 9.27. The molecule has 0 radical (unpaired) electrons. The summed E-state index contributed by atoms with van der Waals surface area (Å²) < 4.78 is 28.3. The maximum Gasteiger partial charge on any atom is 0.387 e. The lowest BCUT2D eigenvalue weighted by atomic mass is 10.1. The van der Waals surface area contributed by atoms with Crippen LogP contribution >= 0.6 is 0 Å². The number of ether oxygens (including phenoxy) is 1. The van der Waals surface area contributed by atoms with Crippen molar-refractivity contribution in [3.63, 3.8) is 0 Å². The fourth-order valence-corrected chi connectivity index (χ4v) is 1.49. The van der Waals surface area contributed by atoms with Gasteiger partial charge in [-0.1, -0.05) is 12.1 Å². The smallest absolute Gasteiger partial charge is 0.387 e. The van der Waals surface area contributed by atoms with Crippen molar-refractivity contribution in [3.8, 4) is 5.75 Å². The Labute approximate surface area is 102 Å². The molecular weight excluding hydrogens is 242 g/mol. The van der Waals surface area contributed by atoms with Crippen molar-refractivity contribution in [2.24, 2.45) is 0 Å². The Morgan fingerprint density at radius 1 is 1.44 bits per heavy atom. The Balaban J connectivity index is 2.10. The highest BCUT2D eigenvalue weighted by molar-refractivity contribution is 5.97. The van der Waals surface area contributed by atoms with Gasteiger partial charge < -0.3 is 9.72 Å². The van der Waals surface area contributed by atoms with Gasteiger partial charge in [-0.25, -0.2) is 4.98 Å². The predicted molar refractivity (Wildman–Crippen MR) is 59.7 cm³/mol. The number of aromatic nitrogens is 2. The molecule has 94 valence electrons. The molecule has 6 heteroatoms. The van der Waals surface area contributed by atoms with E-state index in [4.69, 9.17) is 0 Å². The molecule has 1 aromatic carbocycles. The minimum atomic E-state index is -2.90. The standard InChI is InChI=1S/C12H10F2N2O2/c13-12(14)18-9-3-1-2-8(6-9)10(17)7-11-15-4-5-16-11/h1-6,12H,7H2,(H,15,16). The number of carbonyl (C=O) groups excluding carboxylic acids is 1. The van der Waals surface area contributed by atoms with Gasteiger partial charge in [-0.3, -0.25) is 4.79 Å². The summed E-state index contributed by atoms with van der Waals surface area (Å²) in [5, 5.41) is 0. The highest BCUT2D eigenvalue weighted by Gasteiger charge is 2.11. The van der Waals surface area contributed by atoms with Gasteiger partial charge in [0.1, 0.15) is 11.6 Å². The van der Waals surface area contributed by atoms with Gasteiger partial charge in [0, 0.05) is 18.0 Å². The normalized spacial score (nSPS) is 10.6. The first kappa shape index (κ1) is 12.2. The molecular formula is C12H10F2N2O2. The zero-order chi connectivity index (χ0) is 13.0. The molecule has 1 aromatic heterocycles. The molecule has 0 aliphatic rings. The maximum atomic E-state index is 12.0. The highest BCUT2D eigenvalue weighted by Crippen LogP contribution is 2.17. The lowest BCUT2D eigenvalue weighted by molar-refractivity contribution is -0.0498. The molecule has 1 N–H and O–H groups in total. The van der Waals surface area contributed by atoms with E-state index in [9.17, 15) is 13.6 Å². The first-order valence-corrected chi connectivity index (χ1v) is 5.21. The molecule has 2 rings (SSSR count). The van der Waals surface area contributed by atoms with E-state index in [1.165, 1.54) is 18.2 Å². The van der Waals surface area contributed by atoms with Crippen LogP contribution in [-0.2, 0) is 6.42 Å². The van der Waals surface area contributed by atoms with Crippen molar-refractivity contribution in [2.45, 2.75) is 13.0 Å². The van der Waals surface area contributed by atoms with Gasteiger partial charge >= 0.3 is 6.61 Å². The monoisotopic (exact) mass is 252 g/mol. The number of rotatable bonds is 5. The van der Waals surface area contributed by atoms with E-state index in [1.807, 2.05) is 0 Å². The summed E-state index contributed by atoms with van der Waals surface area (Å²) in [5.41, 5.74) is 0.310. The van der Waals surface area contributed by atoms with Crippen molar-refractivity contribution in [3.05, 3.63) is 48.0 Å². The summed E-state index contributed by atoms with van der Waals surface area (Å²) in [7, 11) is 0. The molecule has 18 heavy (non-hydrogen) atoms. The van der Waals surface area contributed by atoms with E-state index in [1.54, 1.807) is 18.5 Å². The number of hydrogen-bond donors (Lipinski definition) is 1. The summed E-state index contributed by atoms with van der Waals surface area (Å²) in [4.78, 5) is 18.6. The first-order chi connectivity index (χ1) is 8.65. The van der Waals surface area contributed by atoms with Gasteiger partial charge in [-0.2, -0.15) is 8.78 Å². The Morgan fingerprint density at radius 2 is 2.28 bits per heavy atom. The number of alkyl halides is 2. The predicted octanol–water partition coefficient (Wildman–Crippen LogP) is 2.44. The zero-order valence-corrected chi connectivity index (χ0v) is 9.27. The average Bonchev–Trinajstić information content (AvgIpc) is 2.81. The third-order valence-electron chi connectivity index (χ3n) is 2.26. The number of halogens is 2. The van der Waals surface area contributed by atoms with Crippen LogP contribution in [0.1, 0.15) is 16.2 Å². The quantitative estimate of drug-likeness (QED) is 0.831. The molecule has 0 unspecified atom stereocenters. The summed E-state index contributed by atoms with van der Waals surface area (Å²) >= 11 is 0. The van der Waals surface area contributed by atoms with Crippen LogP contribution in [0.15, 0.2) is 36.7 Å². The van der Waals surface area contributed by atoms with Crippen LogP contribution in [0.25, 0.3) is 0 Å². The SMILES string of the molecule is O=C(Cc1ncc[nH]1)c1cccc(OC(F)F)c1. The average molecular weight is 252 g/mol. The fourth-order valence-electron chi connectivity index (χ4n) is 1.49. The number of benzene rings is 1. The topological polar surface area (TPSA) is 55.0 Å². The van der Waals surface area contributed by atoms with E-state index in [2.05, 4.69) is 14.7 Å². The van der Waals surface area contributed by atoms with E-state index in [-0.39, 0.29) is 18.0 Å². The number of imidazole rings is 1. The largest absolute Gasteiger partial charge is 0.435 e. The number of Topliss-reactive ketones (excluding diaryl/α,β-unsaturated/α-hetero) is 1. The lowest BCUT2D eigenvalue weighted by Gasteiger charge is -2.05. The fraction of sp³-hybridized carbons (Fsp3) is 0.167. The van der Waals surface area contributed by atoms with Crippen LogP contribution in [-0.4, -0.2) is 22.4 Å². The van der Waals surface area contributed by atoms with E-state index < -0.39 is 6.61 Å². The number of ketones is 1. The highest BCUT2D eigenvalue weighted by atomic mass is 19.3. The van der Waals surface area contributed by atoms with E-state index >= 15 is 0 Å². The summed E-state index contributed by atoms with van der Waals surface area (Å²) in [6, 6.07) is 5.70. The molecule has 4 nitrogen and oxygen atoms in total. The number of H-pyrrole nitrogens is 1. The Bertz CT molecular complexity index is 527. The molecule has 0 bridgehead atoms. The van der Waals surface area contributed by atoms with E-state index in [0.717, 1.165) is 0 Å². The number of aromatic amines is 1. The summed E-state index contributed by atoms with van der Waals surface area (Å²) in [6.45, 7) is -2.90. The Hall–Kier alpha value is -2.24. The van der Waals surface area contributed by atoms with Crippen LogP contribution < -0.4 is 4.74 Å². The van der Waals surface area contributed by atoms with Gasteiger partial charge in [-0.15, -0.1) is 0 Å². The molecule has 2 aromatic rings. The third-order valence-corrected chi connectivity index (χ3v) is 2.26. The molecule has 0 fully saturated rings. The van der Waals surface area contributed by atoms with Crippen LogP contribution in [0.2, 0.25) is 0 Å². The van der Waals surface area contributed by atoms with Crippen molar-refractivity contribution < 1.29 is 18.3 Å². The number of carbonyl (C=O) groups is 1. The number of nitrogens with zero attached hydrogens (tertiary/aromatic N) is 1. The molecule has 0 aliphatic carbocycles. The molecule has 0 saturated heterocycles. The molecule has 0 amide bonds. The minimum Gasteiger partial charge on any atom is -0.435 e. The van der Waals surface area contributed by atoms with Gasteiger partial charge in [0.2, 0.25) is 0 Å². The molecule has 1 heterocycles. The van der Waals surface area contributed by atoms with Crippen molar-refractivity contribution >= 4 is 5.78 Å². The van der Waals surface area contributed by atoms with Crippen molar-refractivity contribution in [1.29, 1.82) is 0 Å². The van der Waals surface area contributed by atoms with E-state index in [0.29, 0.717) is 11.4 Å². The number of nitrogens with one attached hydrogen (secondary N) is 1. The van der Waals surface area contributed by atoms with Gasteiger partial charge in [0.15, 0.2) is 5.78 Å². The molecule has 0 saturated carbocycles. The second-order valence-electron chi connectivity index (χ2n) is 3.54. The Morgan fingerprint density at radius 3 is 2.94 bits per heavy atom. The molecule has 0 atom stereocenters. The van der Waals surface area contributed by atoms with Crippen LogP contribution in [0.5, 0.6) is 5.75 Å². The second-order valence-corrected chi connectivity index (χ2v) is 3.54. The van der Waals surface area contributed by atoms with Crippen LogP contribution in [0.3, 0.4) is 0 Å². The van der Waals surface area contributed by atoms with Crippen molar-refractivity contribution in [2.75, 3.05) is 0 Å². The van der Waals surface area contributed by atoms with Crippen LogP contribution in [0, 0.1) is 0 Å².